The van der Waals surface area contributed by atoms with Crippen molar-refractivity contribution in [1.82, 2.24) is 9.97 Å². The predicted molar refractivity (Wildman–Crippen MR) is 57.8 cm³/mol. The van der Waals surface area contributed by atoms with Crippen LogP contribution in [0.5, 0.6) is 0 Å². The predicted octanol–water partition coefficient (Wildman–Crippen LogP) is 1.83. The molecular formula is C11H8F3N3O. The summed E-state index contributed by atoms with van der Waals surface area (Å²) in [6.07, 6.45) is -3.03. The minimum Gasteiger partial charge on any atom is -0.364 e. The molecule has 0 aliphatic carbocycles. The van der Waals surface area contributed by atoms with Crippen molar-refractivity contribution in [2.45, 2.75) is 12.6 Å². The summed E-state index contributed by atoms with van der Waals surface area (Å²) >= 11 is 0. The van der Waals surface area contributed by atoms with Gasteiger partial charge in [0.1, 0.15) is 5.69 Å². The first-order valence-corrected chi connectivity index (χ1v) is 4.97. The van der Waals surface area contributed by atoms with Crippen molar-refractivity contribution in [2.75, 3.05) is 0 Å². The van der Waals surface area contributed by atoms with Gasteiger partial charge in [-0.1, -0.05) is 0 Å². The molecular weight excluding hydrogens is 247 g/mol. The van der Waals surface area contributed by atoms with E-state index in [0.29, 0.717) is 5.39 Å². The van der Waals surface area contributed by atoms with Crippen LogP contribution in [0.4, 0.5) is 13.2 Å². The molecule has 94 valence electrons. The van der Waals surface area contributed by atoms with E-state index in [1.165, 1.54) is 18.3 Å². The number of hydrogen-bond donors (Lipinski definition) is 1. The summed E-state index contributed by atoms with van der Waals surface area (Å²) in [6, 6.07) is 2.82. The van der Waals surface area contributed by atoms with E-state index >= 15 is 0 Å². The normalized spacial score (nSPS) is 11.7. The maximum atomic E-state index is 12.4. The summed E-state index contributed by atoms with van der Waals surface area (Å²) < 4.78 is 37.1. The number of pyridine rings is 2. The number of amides is 1. The van der Waals surface area contributed by atoms with Crippen molar-refractivity contribution >= 4 is 16.8 Å². The second-order valence-corrected chi connectivity index (χ2v) is 3.72. The molecule has 0 aliphatic rings. The van der Waals surface area contributed by atoms with E-state index < -0.39 is 18.5 Å². The van der Waals surface area contributed by atoms with Gasteiger partial charge >= 0.3 is 6.18 Å². The van der Waals surface area contributed by atoms with Crippen LogP contribution < -0.4 is 5.73 Å². The van der Waals surface area contributed by atoms with Gasteiger partial charge in [-0.2, -0.15) is 13.2 Å². The molecule has 0 unspecified atom stereocenters. The monoisotopic (exact) mass is 255 g/mol. The van der Waals surface area contributed by atoms with Crippen LogP contribution in [-0.4, -0.2) is 22.1 Å². The summed E-state index contributed by atoms with van der Waals surface area (Å²) in [4.78, 5) is 18.5. The minimum absolute atomic E-state index is 0.0721. The largest absolute Gasteiger partial charge is 0.393 e. The van der Waals surface area contributed by atoms with Crippen LogP contribution in [0.2, 0.25) is 0 Å². The first-order chi connectivity index (χ1) is 8.37. The minimum atomic E-state index is -4.36. The van der Waals surface area contributed by atoms with Gasteiger partial charge < -0.3 is 5.73 Å². The number of halogens is 3. The summed E-state index contributed by atoms with van der Waals surface area (Å²) in [6.45, 7) is 0. The third kappa shape index (κ3) is 2.55. The van der Waals surface area contributed by atoms with Gasteiger partial charge in [-0.15, -0.1) is 0 Å². The molecule has 0 saturated carbocycles. The Morgan fingerprint density at radius 1 is 1.28 bits per heavy atom. The van der Waals surface area contributed by atoms with E-state index in [1.807, 2.05) is 0 Å². The Bertz CT molecular complexity index is 610. The quantitative estimate of drug-likeness (QED) is 0.890. The van der Waals surface area contributed by atoms with Gasteiger partial charge in [0, 0.05) is 23.3 Å². The molecule has 0 radical (unpaired) electrons. The van der Waals surface area contributed by atoms with Crippen molar-refractivity contribution in [1.29, 1.82) is 0 Å². The summed E-state index contributed by atoms with van der Waals surface area (Å²) in [5.41, 5.74) is 4.99. The Morgan fingerprint density at radius 2 is 2.00 bits per heavy atom. The number of nitrogens with two attached hydrogens (primary N) is 1. The smallest absolute Gasteiger partial charge is 0.364 e. The first-order valence-electron chi connectivity index (χ1n) is 4.97. The van der Waals surface area contributed by atoms with Crippen LogP contribution >= 0.6 is 0 Å². The Kier molecular flexibility index (Phi) is 2.90. The zero-order chi connectivity index (χ0) is 13.3. The van der Waals surface area contributed by atoms with Gasteiger partial charge in [0.2, 0.25) is 0 Å². The van der Waals surface area contributed by atoms with Gasteiger partial charge in [-0.05, 0) is 12.1 Å². The topological polar surface area (TPSA) is 68.9 Å². The number of aromatic nitrogens is 2. The number of fused-ring (bicyclic) bond motifs is 1. The second-order valence-electron chi connectivity index (χ2n) is 3.72. The van der Waals surface area contributed by atoms with Crippen molar-refractivity contribution in [3.8, 4) is 0 Å². The van der Waals surface area contributed by atoms with Crippen molar-refractivity contribution in [3.05, 3.63) is 35.8 Å². The highest BCUT2D eigenvalue weighted by atomic mass is 19.4. The Labute approximate surface area is 99.6 Å². The standard InChI is InChI=1S/C11H8F3N3O/c12-11(13,14)3-7-5-16-4-6-1-2-8(10(15)18)17-9(6)7/h1-2,4-5H,3H2,(H2,15,18). The lowest BCUT2D eigenvalue weighted by Crippen LogP contribution is -2.15. The SMILES string of the molecule is NC(=O)c1ccc2cncc(CC(F)(F)F)c2n1. The van der Waals surface area contributed by atoms with Gasteiger partial charge in [0.15, 0.2) is 0 Å². The maximum Gasteiger partial charge on any atom is 0.393 e. The molecule has 0 aliphatic heterocycles. The lowest BCUT2D eigenvalue weighted by molar-refractivity contribution is -0.127. The Hall–Kier alpha value is -2.18. The van der Waals surface area contributed by atoms with Crippen LogP contribution in [0.15, 0.2) is 24.5 Å². The highest BCUT2D eigenvalue weighted by molar-refractivity contribution is 5.94. The van der Waals surface area contributed by atoms with Crippen LogP contribution in [0.3, 0.4) is 0 Å². The molecule has 1 amide bonds. The van der Waals surface area contributed by atoms with Gasteiger partial charge in [-0.25, -0.2) is 4.98 Å². The van der Waals surface area contributed by atoms with Gasteiger partial charge in [0.25, 0.3) is 5.91 Å². The third-order valence-electron chi connectivity index (χ3n) is 2.32. The Morgan fingerprint density at radius 3 is 2.61 bits per heavy atom. The highest BCUT2D eigenvalue weighted by Crippen LogP contribution is 2.25. The first kappa shape index (κ1) is 12.3. The number of alkyl halides is 3. The molecule has 7 heteroatoms. The summed E-state index contributed by atoms with van der Waals surface area (Å²) in [7, 11) is 0. The number of carbonyl (C=O) groups is 1. The molecule has 0 fully saturated rings. The highest BCUT2D eigenvalue weighted by Gasteiger charge is 2.29. The molecule has 18 heavy (non-hydrogen) atoms. The summed E-state index contributed by atoms with van der Waals surface area (Å²) in [5, 5.41) is 0.432. The fourth-order valence-corrected chi connectivity index (χ4v) is 1.58. The fraction of sp³-hybridized carbons (Fsp3) is 0.182. The molecule has 0 atom stereocenters. The van der Waals surface area contributed by atoms with Crippen LogP contribution in [-0.2, 0) is 6.42 Å². The van der Waals surface area contributed by atoms with Gasteiger partial charge in [0.05, 0.1) is 11.9 Å². The van der Waals surface area contributed by atoms with E-state index in [1.54, 1.807) is 0 Å². The van der Waals surface area contributed by atoms with E-state index in [2.05, 4.69) is 9.97 Å². The van der Waals surface area contributed by atoms with E-state index in [9.17, 15) is 18.0 Å². The second kappa shape index (κ2) is 4.25. The van der Waals surface area contributed by atoms with E-state index in [4.69, 9.17) is 5.73 Å². The van der Waals surface area contributed by atoms with Crippen LogP contribution in [0.25, 0.3) is 10.9 Å². The van der Waals surface area contributed by atoms with Crippen molar-refractivity contribution < 1.29 is 18.0 Å². The molecule has 2 aromatic rings. The average molecular weight is 255 g/mol. The maximum absolute atomic E-state index is 12.4. The number of hydrogen-bond acceptors (Lipinski definition) is 3. The molecule has 0 spiro atoms. The van der Waals surface area contributed by atoms with Crippen LogP contribution in [0.1, 0.15) is 16.1 Å². The lowest BCUT2D eigenvalue weighted by Gasteiger charge is -2.08. The molecule has 0 aromatic carbocycles. The number of rotatable bonds is 2. The van der Waals surface area contributed by atoms with Crippen LogP contribution in [0, 0.1) is 0 Å². The number of nitrogens with zero attached hydrogens (tertiary/aromatic N) is 2. The average Bonchev–Trinajstić information content (AvgIpc) is 2.26. The Balaban J connectivity index is 2.59. The summed E-state index contributed by atoms with van der Waals surface area (Å²) in [5.74, 6) is -0.785. The zero-order valence-corrected chi connectivity index (χ0v) is 9.03. The third-order valence-corrected chi connectivity index (χ3v) is 2.32. The van der Waals surface area contributed by atoms with Crippen molar-refractivity contribution in [3.63, 3.8) is 0 Å². The molecule has 4 nitrogen and oxygen atoms in total. The van der Waals surface area contributed by atoms with Gasteiger partial charge in [-0.3, -0.25) is 9.78 Å². The van der Waals surface area contributed by atoms with Crippen molar-refractivity contribution in [2.24, 2.45) is 5.73 Å². The molecule has 2 aromatic heterocycles. The molecule has 2 N–H and O–H groups in total. The number of carbonyl (C=O) groups excluding carboxylic acids is 1. The van der Waals surface area contributed by atoms with E-state index in [0.717, 1.165) is 6.20 Å². The van der Waals surface area contributed by atoms with E-state index in [-0.39, 0.29) is 16.8 Å². The number of primary amides is 1. The fourth-order valence-electron chi connectivity index (χ4n) is 1.58. The molecule has 2 rings (SSSR count). The lowest BCUT2D eigenvalue weighted by atomic mass is 10.1. The molecule has 0 saturated heterocycles. The zero-order valence-electron chi connectivity index (χ0n) is 9.03. The molecule has 0 bridgehead atoms. The molecule has 2 heterocycles.